The molecule has 102 valence electrons. The number of aryl methyl sites for hydroxylation is 1. The lowest BCUT2D eigenvalue weighted by molar-refractivity contribution is 0.104. The Labute approximate surface area is 109 Å². The second-order valence-electron chi connectivity index (χ2n) is 4.68. The molecule has 0 spiro atoms. The van der Waals surface area contributed by atoms with E-state index in [1.54, 1.807) is 0 Å². The summed E-state index contributed by atoms with van der Waals surface area (Å²) in [5.74, 6) is 1.01. The molecular formula is C14H23NO3. The zero-order valence-corrected chi connectivity index (χ0v) is 11.1. The molecule has 4 nitrogen and oxygen atoms in total. The Kier molecular flexibility index (Phi) is 6.72. The van der Waals surface area contributed by atoms with Gasteiger partial charge in [0.15, 0.2) is 0 Å². The monoisotopic (exact) mass is 253 g/mol. The summed E-state index contributed by atoms with van der Waals surface area (Å²) in [4.78, 5) is 0. The maximum absolute atomic E-state index is 9.74. The van der Waals surface area contributed by atoms with Gasteiger partial charge in [0, 0.05) is 13.2 Å². The molecule has 0 fully saturated rings. The largest absolute Gasteiger partial charge is 0.491 e. The Bertz CT molecular complexity index is 344. The summed E-state index contributed by atoms with van der Waals surface area (Å²) in [5, 5.41) is 21.7. The van der Waals surface area contributed by atoms with Crippen LogP contribution in [-0.4, -0.2) is 42.6 Å². The Morgan fingerprint density at radius 1 is 1.28 bits per heavy atom. The third-order valence-corrected chi connectivity index (χ3v) is 2.71. The maximum atomic E-state index is 9.74. The molecule has 0 heterocycles. The Hall–Kier alpha value is -1.10. The first-order chi connectivity index (χ1) is 8.63. The lowest BCUT2D eigenvalue weighted by atomic mass is 10.2. The van der Waals surface area contributed by atoms with Crippen LogP contribution in [0.3, 0.4) is 0 Å². The molecule has 0 aliphatic rings. The number of hydrogen-bond donors (Lipinski definition) is 3. The summed E-state index contributed by atoms with van der Waals surface area (Å²) in [6, 6.07) is 7.73. The zero-order valence-electron chi connectivity index (χ0n) is 11.1. The van der Waals surface area contributed by atoms with Gasteiger partial charge in [0.1, 0.15) is 18.5 Å². The standard InChI is InChI=1S/C14H23NO3/c1-11(9-16)7-15-8-13(17)10-18-14-6-4-3-5-12(14)2/h3-6,11,13,15-17H,7-10H2,1-2H3. The van der Waals surface area contributed by atoms with Gasteiger partial charge < -0.3 is 20.3 Å². The molecule has 2 atom stereocenters. The van der Waals surface area contributed by atoms with Crippen molar-refractivity contribution in [2.24, 2.45) is 5.92 Å². The van der Waals surface area contributed by atoms with Crippen LogP contribution in [0.4, 0.5) is 0 Å². The van der Waals surface area contributed by atoms with Crippen molar-refractivity contribution in [3.8, 4) is 5.75 Å². The third kappa shape index (κ3) is 5.49. The minimum absolute atomic E-state index is 0.156. The predicted molar refractivity (Wildman–Crippen MR) is 71.8 cm³/mol. The lowest BCUT2D eigenvalue weighted by Crippen LogP contribution is -2.34. The molecule has 0 aromatic heterocycles. The van der Waals surface area contributed by atoms with Gasteiger partial charge in [-0.05, 0) is 31.0 Å². The van der Waals surface area contributed by atoms with E-state index >= 15 is 0 Å². The first kappa shape index (κ1) is 15.0. The molecule has 1 aromatic rings. The van der Waals surface area contributed by atoms with Gasteiger partial charge in [0.2, 0.25) is 0 Å². The van der Waals surface area contributed by atoms with Gasteiger partial charge in [-0.15, -0.1) is 0 Å². The molecule has 4 heteroatoms. The number of benzene rings is 1. The van der Waals surface area contributed by atoms with Crippen molar-refractivity contribution in [2.75, 3.05) is 26.3 Å². The van der Waals surface area contributed by atoms with Crippen molar-refractivity contribution in [3.05, 3.63) is 29.8 Å². The minimum atomic E-state index is -0.546. The van der Waals surface area contributed by atoms with E-state index in [1.807, 2.05) is 38.1 Å². The van der Waals surface area contributed by atoms with Gasteiger partial charge >= 0.3 is 0 Å². The minimum Gasteiger partial charge on any atom is -0.491 e. The first-order valence-corrected chi connectivity index (χ1v) is 6.31. The molecule has 0 saturated carbocycles. The highest BCUT2D eigenvalue weighted by molar-refractivity contribution is 5.31. The second-order valence-corrected chi connectivity index (χ2v) is 4.68. The van der Waals surface area contributed by atoms with Crippen molar-refractivity contribution < 1.29 is 14.9 Å². The molecule has 0 saturated heterocycles. The van der Waals surface area contributed by atoms with Crippen LogP contribution in [0.15, 0.2) is 24.3 Å². The van der Waals surface area contributed by atoms with Crippen LogP contribution in [0.1, 0.15) is 12.5 Å². The van der Waals surface area contributed by atoms with Crippen molar-refractivity contribution in [3.63, 3.8) is 0 Å². The quantitative estimate of drug-likeness (QED) is 0.645. The Balaban J connectivity index is 2.21. The number of ether oxygens (including phenoxy) is 1. The fourth-order valence-corrected chi connectivity index (χ4v) is 1.52. The second kappa shape index (κ2) is 8.08. The zero-order chi connectivity index (χ0) is 13.4. The lowest BCUT2D eigenvalue weighted by Gasteiger charge is -2.15. The van der Waals surface area contributed by atoms with Crippen LogP contribution in [0.25, 0.3) is 0 Å². The van der Waals surface area contributed by atoms with E-state index in [9.17, 15) is 5.11 Å². The molecule has 0 aliphatic heterocycles. The normalized spacial score (nSPS) is 14.2. The average Bonchev–Trinajstić information content (AvgIpc) is 2.37. The number of nitrogens with one attached hydrogen (secondary N) is 1. The van der Waals surface area contributed by atoms with E-state index in [0.717, 1.165) is 11.3 Å². The molecule has 3 N–H and O–H groups in total. The van der Waals surface area contributed by atoms with Crippen molar-refractivity contribution in [1.29, 1.82) is 0 Å². The summed E-state index contributed by atoms with van der Waals surface area (Å²) in [6.45, 7) is 5.51. The summed E-state index contributed by atoms with van der Waals surface area (Å²) in [7, 11) is 0. The van der Waals surface area contributed by atoms with E-state index in [4.69, 9.17) is 9.84 Å². The third-order valence-electron chi connectivity index (χ3n) is 2.71. The number of aliphatic hydroxyl groups excluding tert-OH is 2. The van der Waals surface area contributed by atoms with E-state index in [1.165, 1.54) is 0 Å². The van der Waals surface area contributed by atoms with Gasteiger partial charge in [-0.1, -0.05) is 25.1 Å². The smallest absolute Gasteiger partial charge is 0.122 e. The SMILES string of the molecule is Cc1ccccc1OCC(O)CNCC(C)CO. The number of rotatable bonds is 8. The highest BCUT2D eigenvalue weighted by atomic mass is 16.5. The first-order valence-electron chi connectivity index (χ1n) is 6.31. The molecule has 1 rings (SSSR count). The fourth-order valence-electron chi connectivity index (χ4n) is 1.52. The van der Waals surface area contributed by atoms with Crippen LogP contribution in [0, 0.1) is 12.8 Å². The highest BCUT2D eigenvalue weighted by Crippen LogP contribution is 2.16. The fraction of sp³-hybridized carbons (Fsp3) is 0.571. The van der Waals surface area contributed by atoms with E-state index in [-0.39, 0.29) is 19.1 Å². The van der Waals surface area contributed by atoms with Crippen LogP contribution in [0.2, 0.25) is 0 Å². The van der Waals surface area contributed by atoms with E-state index in [2.05, 4.69) is 5.32 Å². The summed E-state index contributed by atoms with van der Waals surface area (Å²) >= 11 is 0. The summed E-state index contributed by atoms with van der Waals surface area (Å²) in [5.41, 5.74) is 1.06. The molecule has 18 heavy (non-hydrogen) atoms. The average molecular weight is 253 g/mol. The Morgan fingerprint density at radius 2 is 2.00 bits per heavy atom. The maximum Gasteiger partial charge on any atom is 0.122 e. The summed E-state index contributed by atoms with van der Waals surface area (Å²) in [6.07, 6.45) is -0.546. The molecule has 0 radical (unpaired) electrons. The Morgan fingerprint density at radius 3 is 2.67 bits per heavy atom. The van der Waals surface area contributed by atoms with Crippen molar-refractivity contribution >= 4 is 0 Å². The van der Waals surface area contributed by atoms with Gasteiger partial charge in [-0.2, -0.15) is 0 Å². The molecule has 0 bridgehead atoms. The van der Waals surface area contributed by atoms with Gasteiger partial charge in [-0.3, -0.25) is 0 Å². The number of aliphatic hydroxyl groups is 2. The molecular weight excluding hydrogens is 230 g/mol. The molecule has 0 aliphatic carbocycles. The van der Waals surface area contributed by atoms with Crippen molar-refractivity contribution in [1.82, 2.24) is 5.32 Å². The van der Waals surface area contributed by atoms with Crippen LogP contribution < -0.4 is 10.1 Å². The number of para-hydroxylation sites is 1. The van der Waals surface area contributed by atoms with Gasteiger partial charge in [0.05, 0.1) is 0 Å². The molecule has 0 amide bonds. The van der Waals surface area contributed by atoms with Gasteiger partial charge in [-0.25, -0.2) is 0 Å². The van der Waals surface area contributed by atoms with Gasteiger partial charge in [0.25, 0.3) is 0 Å². The molecule has 2 unspecified atom stereocenters. The van der Waals surface area contributed by atoms with E-state index < -0.39 is 6.10 Å². The topological polar surface area (TPSA) is 61.7 Å². The number of hydrogen-bond acceptors (Lipinski definition) is 4. The van der Waals surface area contributed by atoms with Crippen molar-refractivity contribution in [2.45, 2.75) is 20.0 Å². The van der Waals surface area contributed by atoms with Crippen LogP contribution in [-0.2, 0) is 0 Å². The van der Waals surface area contributed by atoms with Crippen LogP contribution in [0.5, 0.6) is 5.75 Å². The predicted octanol–water partition coefficient (Wildman–Crippen LogP) is 0.953. The van der Waals surface area contributed by atoms with Crippen LogP contribution >= 0.6 is 0 Å². The molecule has 1 aromatic carbocycles. The van der Waals surface area contributed by atoms with E-state index in [0.29, 0.717) is 13.1 Å². The highest BCUT2D eigenvalue weighted by Gasteiger charge is 2.07. The summed E-state index contributed by atoms with van der Waals surface area (Å²) < 4.78 is 5.54.